The van der Waals surface area contributed by atoms with E-state index in [0.717, 1.165) is 5.56 Å². The van der Waals surface area contributed by atoms with Crippen LogP contribution in [0.4, 0.5) is 4.39 Å². The van der Waals surface area contributed by atoms with Crippen molar-refractivity contribution < 1.29 is 14.1 Å². The second-order valence-electron chi connectivity index (χ2n) is 5.35. The Kier molecular flexibility index (Phi) is 5.52. The zero-order valence-electron chi connectivity index (χ0n) is 12.6. The van der Waals surface area contributed by atoms with Gasteiger partial charge in [0.2, 0.25) is 0 Å². The van der Waals surface area contributed by atoms with E-state index in [2.05, 4.69) is 5.32 Å². The van der Waals surface area contributed by atoms with Crippen LogP contribution in [0.2, 0.25) is 5.02 Å². The molecule has 0 spiro atoms. The summed E-state index contributed by atoms with van der Waals surface area (Å²) in [6.45, 7) is 0.399. The molecule has 0 aromatic heterocycles. The number of amides is 1. The minimum Gasteiger partial charge on any atom is -0.346 e. The summed E-state index contributed by atoms with van der Waals surface area (Å²) in [5.74, 6) is -1.11. The van der Waals surface area contributed by atoms with E-state index in [1.165, 1.54) is 23.1 Å². The van der Waals surface area contributed by atoms with Crippen LogP contribution in [0.15, 0.2) is 48.5 Å². The quantitative estimate of drug-likeness (QED) is 0.869. The smallest absolute Gasteiger partial charge is 0.256 e. The molecule has 2 N–H and O–H groups in total. The van der Waals surface area contributed by atoms with Crippen LogP contribution >= 0.6 is 11.6 Å². The van der Waals surface area contributed by atoms with Gasteiger partial charge in [-0.1, -0.05) is 48.0 Å². The number of nitrogens with one attached hydrogen (secondary N) is 2. The first kappa shape index (κ1) is 16.5. The van der Waals surface area contributed by atoms with E-state index in [-0.39, 0.29) is 16.6 Å². The molecule has 0 aliphatic rings. The van der Waals surface area contributed by atoms with E-state index in [1.54, 1.807) is 0 Å². The predicted molar refractivity (Wildman–Crippen MR) is 85.7 cm³/mol. The van der Waals surface area contributed by atoms with Crippen molar-refractivity contribution in [2.75, 3.05) is 20.6 Å². The first-order valence-electron chi connectivity index (χ1n) is 7.08. The number of quaternary nitrogens is 1. The third kappa shape index (κ3) is 3.84. The number of hydrogen-bond donors (Lipinski definition) is 2. The van der Waals surface area contributed by atoms with E-state index in [1.807, 2.05) is 44.4 Å². The molecule has 0 unspecified atom stereocenters. The summed E-state index contributed by atoms with van der Waals surface area (Å²) in [4.78, 5) is 13.4. The molecule has 0 bridgehead atoms. The molecule has 0 aliphatic carbocycles. The van der Waals surface area contributed by atoms with Crippen LogP contribution in [0, 0.1) is 5.82 Å². The largest absolute Gasteiger partial charge is 0.346 e. The van der Waals surface area contributed by atoms with Gasteiger partial charge in [0.05, 0.1) is 31.2 Å². The van der Waals surface area contributed by atoms with Crippen LogP contribution in [0.3, 0.4) is 0 Å². The molecule has 0 heterocycles. The van der Waals surface area contributed by atoms with Crippen molar-refractivity contribution in [3.05, 3.63) is 70.5 Å². The molecule has 0 saturated carbocycles. The van der Waals surface area contributed by atoms with Crippen LogP contribution in [-0.2, 0) is 0 Å². The Balaban J connectivity index is 2.12. The maximum absolute atomic E-state index is 13.8. The molecule has 5 heteroatoms. The summed E-state index contributed by atoms with van der Waals surface area (Å²) in [6, 6.07) is 14.2. The van der Waals surface area contributed by atoms with Gasteiger partial charge in [-0.15, -0.1) is 0 Å². The molecular formula is C17H19ClFN2O+. The molecule has 0 radical (unpaired) electrons. The second-order valence-corrected chi connectivity index (χ2v) is 5.75. The summed E-state index contributed by atoms with van der Waals surface area (Å²) >= 11 is 5.91. The van der Waals surface area contributed by atoms with Crippen LogP contribution < -0.4 is 10.2 Å². The maximum atomic E-state index is 13.8. The Labute approximate surface area is 134 Å². The van der Waals surface area contributed by atoms with Gasteiger partial charge in [0, 0.05) is 5.56 Å². The summed E-state index contributed by atoms with van der Waals surface area (Å²) in [5.41, 5.74) is 1.01. The van der Waals surface area contributed by atoms with E-state index >= 15 is 0 Å². The second kappa shape index (κ2) is 7.38. The minimum atomic E-state index is -0.613. The SMILES string of the molecule is C[NH+](C)[C@H](CNC(=O)c1c(F)cccc1Cl)c1ccccc1. The fourth-order valence-electron chi connectivity index (χ4n) is 2.34. The number of benzene rings is 2. The molecule has 0 aliphatic heterocycles. The van der Waals surface area contributed by atoms with E-state index in [4.69, 9.17) is 11.6 Å². The zero-order chi connectivity index (χ0) is 16.1. The number of carbonyl (C=O) groups is 1. The van der Waals surface area contributed by atoms with E-state index in [0.29, 0.717) is 6.54 Å². The summed E-state index contributed by atoms with van der Waals surface area (Å²) in [7, 11) is 4.03. The molecule has 0 fully saturated rings. The number of carbonyl (C=O) groups excluding carboxylic acids is 1. The first-order chi connectivity index (χ1) is 10.5. The Morgan fingerprint density at radius 1 is 1.18 bits per heavy atom. The van der Waals surface area contributed by atoms with Gasteiger partial charge in [-0.2, -0.15) is 0 Å². The van der Waals surface area contributed by atoms with Crippen LogP contribution in [0.5, 0.6) is 0 Å². The average Bonchev–Trinajstić information content (AvgIpc) is 2.48. The highest BCUT2D eigenvalue weighted by Crippen LogP contribution is 2.18. The van der Waals surface area contributed by atoms with Crippen molar-refractivity contribution in [2.24, 2.45) is 0 Å². The molecule has 116 valence electrons. The zero-order valence-corrected chi connectivity index (χ0v) is 13.3. The van der Waals surface area contributed by atoms with Crippen molar-refractivity contribution in [3.63, 3.8) is 0 Å². The molecule has 22 heavy (non-hydrogen) atoms. The molecule has 1 amide bonds. The lowest BCUT2D eigenvalue weighted by Crippen LogP contribution is -3.07. The molecule has 2 aromatic rings. The van der Waals surface area contributed by atoms with Gasteiger partial charge >= 0.3 is 0 Å². The minimum absolute atomic E-state index is 0.0794. The summed E-state index contributed by atoms with van der Waals surface area (Å²) < 4.78 is 13.8. The van der Waals surface area contributed by atoms with Gasteiger partial charge in [0.25, 0.3) is 5.91 Å². The Morgan fingerprint density at radius 2 is 1.86 bits per heavy atom. The topological polar surface area (TPSA) is 33.5 Å². The number of hydrogen-bond acceptors (Lipinski definition) is 1. The Bertz CT molecular complexity index is 626. The molecular weight excluding hydrogens is 303 g/mol. The highest BCUT2D eigenvalue weighted by Gasteiger charge is 2.21. The molecule has 3 nitrogen and oxygen atoms in total. The van der Waals surface area contributed by atoms with E-state index < -0.39 is 11.7 Å². The lowest BCUT2D eigenvalue weighted by atomic mass is 10.1. The Hall–Kier alpha value is -1.91. The normalized spacial score (nSPS) is 12.2. The fraction of sp³-hybridized carbons (Fsp3) is 0.235. The molecule has 2 rings (SSSR count). The predicted octanol–water partition coefficient (Wildman–Crippen LogP) is 2.09. The monoisotopic (exact) mass is 321 g/mol. The van der Waals surface area contributed by atoms with Crippen molar-refractivity contribution in [1.29, 1.82) is 0 Å². The molecule has 0 saturated heterocycles. The highest BCUT2D eigenvalue weighted by molar-refractivity contribution is 6.33. The third-order valence-electron chi connectivity index (χ3n) is 3.56. The summed E-state index contributed by atoms with van der Waals surface area (Å²) in [6.07, 6.45) is 0. The molecule has 1 atom stereocenters. The van der Waals surface area contributed by atoms with Crippen LogP contribution in [0.1, 0.15) is 22.0 Å². The van der Waals surface area contributed by atoms with Gasteiger partial charge in [0.15, 0.2) is 0 Å². The van der Waals surface area contributed by atoms with Gasteiger partial charge in [-0.3, -0.25) is 4.79 Å². The standard InChI is InChI=1S/C17H18ClFN2O/c1-21(2)15(12-7-4-3-5-8-12)11-20-17(22)16-13(18)9-6-10-14(16)19/h3-10,15H,11H2,1-2H3,(H,20,22)/p+1/t15-/m1/s1. The number of likely N-dealkylation sites (N-methyl/N-ethyl adjacent to an activating group) is 1. The molecule has 2 aromatic carbocycles. The van der Waals surface area contributed by atoms with Gasteiger partial charge in [0.1, 0.15) is 11.9 Å². The fourth-order valence-corrected chi connectivity index (χ4v) is 2.59. The van der Waals surface area contributed by atoms with E-state index in [9.17, 15) is 9.18 Å². The number of halogens is 2. The first-order valence-corrected chi connectivity index (χ1v) is 7.45. The average molecular weight is 322 g/mol. The third-order valence-corrected chi connectivity index (χ3v) is 3.87. The van der Waals surface area contributed by atoms with Gasteiger partial charge in [-0.25, -0.2) is 4.39 Å². The van der Waals surface area contributed by atoms with Gasteiger partial charge < -0.3 is 10.2 Å². The van der Waals surface area contributed by atoms with Crippen molar-refractivity contribution in [3.8, 4) is 0 Å². The van der Waals surface area contributed by atoms with Crippen molar-refractivity contribution in [1.82, 2.24) is 5.32 Å². The van der Waals surface area contributed by atoms with Crippen molar-refractivity contribution >= 4 is 17.5 Å². The maximum Gasteiger partial charge on any atom is 0.256 e. The highest BCUT2D eigenvalue weighted by atomic mass is 35.5. The van der Waals surface area contributed by atoms with Crippen LogP contribution in [0.25, 0.3) is 0 Å². The van der Waals surface area contributed by atoms with Crippen LogP contribution in [-0.4, -0.2) is 26.5 Å². The number of rotatable bonds is 5. The lowest BCUT2D eigenvalue weighted by molar-refractivity contribution is -0.890. The summed E-state index contributed by atoms with van der Waals surface area (Å²) in [5, 5.41) is 2.89. The van der Waals surface area contributed by atoms with Gasteiger partial charge in [-0.05, 0) is 12.1 Å². The van der Waals surface area contributed by atoms with Crippen molar-refractivity contribution in [2.45, 2.75) is 6.04 Å². The Morgan fingerprint density at radius 3 is 2.45 bits per heavy atom. The lowest BCUT2D eigenvalue weighted by Gasteiger charge is -2.22.